The van der Waals surface area contributed by atoms with Crippen LogP contribution in [0.1, 0.15) is 24.3 Å². The Morgan fingerprint density at radius 2 is 1.97 bits per heavy atom. The molecule has 3 heterocycles. The number of amides is 1. The highest BCUT2D eigenvalue weighted by molar-refractivity contribution is 7.16. The number of esters is 1. The summed E-state index contributed by atoms with van der Waals surface area (Å²) in [5, 5.41) is 7.19. The maximum Gasteiger partial charge on any atom is 0.412 e. The maximum absolute atomic E-state index is 12.2. The van der Waals surface area contributed by atoms with E-state index in [-0.39, 0.29) is 37.3 Å². The smallest absolute Gasteiger partial charge is 0.412 e. The standard InChI is InChI=1S/C24H31N5O4S.HI/c1-5-32-23(30)17(3)25-24(31)33-15-29(4)12-10-28(11-13-29)21-18-14-16(2)34-22(18)27-20-9-7-6-8-19(20)26-21;/h6-9,14,17H,5,10-13,15H2,1-4H3,(H-,25,26,27,31);1H. The third-order valence-electron chi connectivity index (χ3n) is 6.08. The number of hydrogen-bond donors (Lipinski definition) is 2. The monoisotopic (exact) mass is 613 g/mol. The van der Waals surface area contributed by atoms with Gasteiger partial charge in [-0.25, -0.2) is 14.6 Å². The average molecular weight is 614 g/mol. The summed E-state index contributed by atoms with van der Waals surface area (Å²) in [6, 6.07) is 9.54. The van der Waals surface area contributed by atoms with Crippen LogP contribution in [0, 0.1) is 6.92 Å². The van der Waals surface area contributed by atoms with Gasteiger partial charge in [0, 0.05) is 4.88 Å². The van der Waals surface area contributed by atoms with Gasteiger partial charge in [-0.2, -0.15) is 0 Å². The predicted molar refractivity (Wildman–Crippen MR) is 133 cm³/mol. The van der Waals surface area contributed by atoms with E-state index in [1.165, 1.54) is 4.88 Å². The zero-order valence-electron chi connectivity index (χ0n) is 20.5. The Balaban J connectivity index is 0.00000342. The molecule has 0 radical (unpaired) electrons. The molecule has 0 spiro atoms. The number of piperazine rings is 1. The predicted octanol–water partition coefficient (Wildman–Crippen LogP) is 0.593. The lowest BCUT2D eigenvalue weighted by atomic mass is 10.2. The molecule has 1 aromatic heterocycles. The topological polar surface area (TPSA) is 92.3 Å². The van der Waals surface area contributed by atoms with Crippen LogP contribution in [0.15, 0.2) is 35.3 Å². The molecule has 0 aliphatic carbocycles. The number of hydrogen-bond acceptors (Lipinski definition) is 8. The van der Waals surface area contributed by atoms with Crippen LogP contribution in [0.25, 0.3) is 0 Å². The van der Waals surface area contributed by atoms with Gasteiger partial charge < -0.3 is 49.0 Å². The number of quaternary nitrogens is 1. The summed E-state index contributed by atoms with van der Waals surface area (Å²) < 4.78 is 11.0. The second-order valence-corrected chi connectivity index (χ2v) is 10.2. The van der Waals surface area contributed by atoms with E-state index in [1.54, 1.807) is 25.2 Å². The first-order valence-corrected chi connectivity index (χ1v) is 12.3. The van der Waals surface area contributed by atoms with Crippen molar-refractivity contribution in [3.63, 3.8) is 0 Å². The van der Waals surface area contributed by atoms with Crippen LogP contribution >= 0.6 is 11.3 Å². The van der Waals surface area contributed by atoms with Gasteiger partial charge in [-0.3, -0.25) is 4.48 Å². The van der Waals surface area contributed by atoms with Gasteiger partial charge in [-0.15, -0.1) is 11.3 Å². The van der Waals surface area contributed by atoms with Crippen molar-refractivity contribution in [1.82, 2.24) is 10.2 Å². The Bertz CT molecular complexity index is 1100. The van der Waals surface area contributed by atoms with E-state index in [4.69, 9.17) is 14.5 Å². The summed E-state index contributed by atoms with van der Waals surface area (Å²) in [6.45, 7) is 9.09. The van der Waals surface area contributed by atoms with Gasteiger partial charge in [0.15, 0.2) is 0 Å². The molecular formula is C24H32IN5O4S. The van der Waals surface area contributed by atoms with Gasteiger partial charge in [-0.1, -0.05) is 12.1 Å². The average Bonchev–Trinajstić information content (AvgIpc) is 3.10. The van der Waals surface area contributed by atoms with Crippen LogP contribution in [0.4, 0.5) is 21.2 Å². The summed E-state index contributed by atoms with van der Waals surface area (Å²) >= 11 is 1.74. The van der Waals surface area contributed by atoms with Crippen LogP contribution in [0.5, 0.6) is 0 Å². The maximum atomic E-state index is 12.2. The molecule has 1 atom stereocenters. The van der Waals surface area contributed by atoms with Gasteiger partial charge in [-0.05, 0) is 39.0 Å². The fourth-order valence-electron chi connectivity index (χ4n) is 4.04. The minimum absolute atomic E-state index is 0. The number of fused-ring (bicyclic) bond motifs is 2. The highest BCUT2D eigenvalue weighted by Gasteiger charge is 2.33. The zero-order valence-corrected chi connectivity index (χ0v) is 23.4. The molecular weight excluding hydrogens is 581 g/mol. The Morgan fingerprint density at radius 3 is 2.69 bits per heavy atom. The number of para-hydroxylation sites is 2. The van der Waals surface area contributed by atoms with E-state index in [1.807, 2.05) is 18.2 Å². The first kappa shape index (κ1) is 27.2. The molecule has 2 aromatic rings. The number of halogens is 1. The van der Waals surface area contributed by atoms with Crippen LogP contribution in [0.2, 0.25) is 0 Å². The van der Waals surface area contributed by atoms with Crippen molar-refractivity contribution in [2.45, 2.75) is 26.8 Å². The van der Waals surface area contributed by atoms with Gasteiger partial charge in [0.25, 0.3) is 0 Å². The zero-order chi connectivity index (χ0) is 24.3. The molecule has 2 aliphatic heterocycles. The quantitative estimate of drug-likeness (QED) is 0.292. The fourth-order valence-corrected chi connectivity index (χ4v) is 4.96. The van der Waals surface area contributed by atoms with Gasteiger partial charge in [0.2, 0.25) is 6.73 Å². The number of carbonyl (C=O) groups excluding carboxylic acids is 2. The number of nitrogens with zero attached hydrogens (tertiary/aromatic N) is 3. The number of carbonyl (C=O) groups is 2. The molecule has 1 saturated heterocycles. The number of alkyl carbamates (subject to hydrolysis) is 1. The Kier molecular flexibility index (Phi) is 9.00. The number of amidine groups is 1. The van der Waals surface area contributed by atoms with Crippen molar-refractivity contribution in [3.8, 4) is 0 Å². The van der Waals surface area contributed by atoms with Gasteiger partial charge >= 0.3 is 12.1 Å². The van der Waals surface area contributed by atoms with Crippen LogP contribution < -0.4 is 34.6 Å². The molecule has 35 heavy (non-hydrogen) atoms. The van der Waals surface area contributed by atoms with Crippen molar-refractivity contribution in [3.05, 3.63) is 40.8 Å². The first-order valence-electron chi connectivity index (χ1n) is 11.5. The Morgan fingerprint density at radius 1 is 1.26 bits per heavy atom. The third-order valence-corrected chi connectivity index (χ3v) is 7.04. The highest BCUT2D eigenvalue weighted by atomic mass is 127. The van der Waals surface area contributed by atoms with Crippen LogP contribution in [0.3, 0.4) is 0 Å². The van der Waals surface area contributed by atoms with E-state index >= 15 is 0 Å². The normalized spacial score (nSPS) is 16.8. The van der Waals surface area contributed by atoms with Crippen LogP contribution in [-0.2, 0) is 14.3 Å². The first-order chi connectivity index (χ1) is 16.3. The number of likely N-dealkylation sites (N-methyl/N-ethyl adjacent to an activating group) is 1. The summed E-state index contributed by atoms with van der Waals surface area (Å²) in [6.07, 6.45) is -0.614. The molecule has 1 fully saturated rings. The number of ether oxygens (including phenoxy) is 2. The van der Waals surface area contributed by atoms with Crippen molar-refractivity contribution in [2.75, 3.05) is 51.9 Å². The van der Waals surface area contributed by atoms with E-state index in [0.29, 0.717) is 4.48 Å². The lowest BCUT2D eigenvalue weighted by Crippen LogP contribution is -3.00. The summed E-state index contributed by atoms with van der Waals surface area (Å²) in [7, 11) is 2.07. The molecule has 9 nitrogen and oxygen atoms in total. The largest absolute Gasteiger partial charge is 1.00 e. The van der Waals surface area contributed by atoms with Crippen molar-refractivity contribution in [1.29, 1.82) is 0 Å². The SMILES string of the molecule is CCOC(=O)C(C)NC(=O)OC[N+]1(C)CCN(C2=Nc3ccccc3Nc3sc(C)cc32)CC1.[I-]. The van der Waals surface area contributed by atoms with E-state index in [0.717, 1.165) is 54.0 Å². The number of aryl methyl sites for hydroxylation is 1. The molecule has 1 aromatic carbocycles. The van der Waals surface area contributed by atoms with E-state index < -0.39 is 18.1 Å². The van der Waals surface area contributed by atoms with Crippen molar-refractivity contribution >= 4 is 45.6 Å². The van der Waals surface area contributed by atoms with Crippen molar-refractivity contribution < 1.29 is 47.5 Å². The summed E-state index contributed by atoms with van der Waals surface area (Å²) in [5.41, 5.74) is 3.06. The van der Waals surface area contributed by atoms with E-state index in [2.05, 4.69) is 41.6 Å². The lowest BCUT2D eigenvalue weighted by molar-refractivity contribution is -0.928. The fraction of sp³-hybridized carbons (Fsp3) is 0.458. The third kappa shape index (κ3) is 6.44. The molecule has 11 heteroatoms. The number of anilines is 2. The molecule has 2 N–H and O–H groups in total. The molecule has 2 aliphatic rings. The molecule has 1 amide bonds. The van der Waals surface area contributed by atoms with E-state index in [9.17, 15) is 9.59 Å². The second-order valence-electron chi connectivity index (χ2n) is 8.91. The number of aliphatic imine (C=N–C) groups is 1. The Hall–Kier alpha value is -2.38. The number of benzene rings is 1. The molecule has 190 valence electrons. The highest BCUT2D eigenvalue weighted by Crippen LogP contribution is 2.39. The second kappa shape index (κ2) is 11.6. The number of nitrogens with one attached hydrogen (secondary N) is 2. The van der Waals surface area contributed by atoms with Crippen LogP contribution in [-0.4, -0.2) is 79.9 Å². The number of rotatable bonds is 5. The number of thiophene rings is 1. The molecule has 0 saturated carbocycles. The molecule has 0 bridgehead atoms. The summed E-state index contributed by atoms with van der Waals surface area (Å²) in [5.74, 6) is 0.502. The lowest BCUT2D eigenvalue weighted by Gasteiger charge is -2.42. The van der Waals surface area contributed by atoms with Gasteiger partial charge in [0.05, 0.1) is 56.8 Å². The minimum Gasteiger partial charge on any atom is -1.00 e. The van der Waals surface area contributed by atoms with Gasteiger partial charge in [0.1, 0.15) is 16.9 Å². The van der Waals surface area contributed by atoms with Crippen molar-refractivity contribution in [2.24, 2.45) is 4.99 Å². The molecule has 1 unspecified atom stereocenters. The summed E-state index contributed by atoms with van der Waals surface area (Å²) in [4.78, 5) is 32.5. The molecule has 4 rings (SSSR count). The minimum atomic E-state index is -0.748. The Labute approximate surface area is 227 Å².